The van der Waals surface area contributed by atoms with E-state index in [1.54, 1.807) is 13.8 Å². The predicted molar refractivity (Wildman–Crippen MR) is 62.4 cm³/mol. The topological polar surface area (TPSA) is 35.8 Å². The molecule has 0 saturated heterocycles. The summed E-state index contributed by atoms with van der Waals surface area (Å²) in [4.78, 5) is 0. The van der Waals surface area contributed by atoms with Gasteiger partial charge in [0.2, 0.25) is 0 Å². The Labute approximate surface area is 96.1 Å². The van der Waals surface area contributed by atoms with E-state index in [0.717, 1.165) is 5.56 Å². The normalized spacial score (nSPS) is 12.2. The lowest BCUT2D eigenvalue weighted by Crippen LogP contribution is -2.24. The quantitative estimate of drug-likeness (QED) is 0.847. The van der Waals surface area contributed by atoms with Crippen LogP contribution in [0.5, 0.6) is 0 Å². The lowest BCUT2D eigenvalue weighted by molar-refractivity contribution is 0.555. The highest BCUT2D eigenvalue weighted by molar-refractivity contribution is 5.30. The van der Waals surface area contributed by atoms with Crippen molar-refractivity contribution in [2.75, 3.05) is 0 Å². The van der Waals surface area contributed by atoms with E-state index in [4.69, 9.17) is 5.26 Å². The largest absolute Gasteiger partial charge is 0.309 e. The molecule has 0 aliphatic heterocycles. The second-order valence-corrected chi connectivity index (χ2v) is 4.19. The lowest BCUT2D eigenvalue weighted by Gasteiger charge is -2.11. The SMILES string of the molecule is Cc1cc(CNC(C)CC#N)cc(C)c1F. The molecule has 16 heavy (non-hydrogen) atoms. The minimum Gasteiger partial charge on any atom is -0.309 e. The Morgan fingerprint density at radius 1 is 1.38 bits per heavy atom. The number of nitriles is 1. The van der Waals surface area contributed by atoms with Crippen LogP contribution in [0.2, 0.25) is 0 Å². The Hall–Kier alpha value is -1.40. The van der Waals surface area contributed by atoms with Gasteiger partial charge in [0.25, 0.3) is 0 Å². The van der Waals surface area contributed by atoms with Gasteiger partial charge in [0.05, 0.1) is 12.5 Å². The molecule has 1 atom stereocenters. The third-order valence-corrected chi connectivity index (χ3v) is 2.55. The van der Waals surface area contributed by atoms with Gasteiger partial charge in [0.15, 0.2) is 0 Å². The summed E-state index contributed by atoms with van der Waals surface area (Å²) in [6.45, 7) is 6.17. The van der Waals surface area contributed by atoms with Crippen molar-refractivity contribution in [2.45, 2.75) is 39.8 Å². The maximum Gasteiger partial charge on any atom is 0.129 e. The summed E-state index contributed by atoms with van der Waals surface area (Å²) in [5, 5.41) is 11.7. The molecule has 1 aromatic carbocycles. The molecule has 0 aliphatic carbocycles. The van der Waals surface area contributed by atoms with Crippen LogP contribution in [-0.2, 0) is 6.54 Å². The molecule has 0 aromatic heterocycles. The fourth-order valence-corrected chi connectivity index (χ4v) is 1.64. The number of nitrogens with one attached hydrogen (secondary N) is 1. The zero-order valence-electron chi connectivity index (χ0n) is 9.97. The number of aryl methyl sites for hydroxylation is 2. The summed E-state index contributed by atoms with van der Waals surface area (Å²) in [5.41, 5.74) is 2.40. The minimum atomic E-state index is -0.131. The number of rotatable bonds is 4. The number of hydrogen-bond donors (Lipinski definition) is 1. The van der Waals surface area contributed by atoms with E-state index in [-0.39, 0.29) is 11.9 Å². The first-order chi connectivity index (χ1) is 7.54. The van der Waals surface area contributed by atoms with E-state index in [9.17, 15) is 4.39 Å². The summed E-state index contributed by atoms with van der Waals surface area (Å²) in [7, 11) is 0. The van der Waals surface area contributed by atoms with Crippen molar-refractivity contribution in [1.29, 1.82) is 5.26 Å². The van der Waals surface area contributed by atoms with Gasteiger partial charge < -0.3 is 5.32 Å². The number of halogens is 1. The fourth-order valence-electron chi connectivity index (χ4n) is 1.64. The van der Waals surface area contributed by atoms with Crippen LogP contribution >= 0.6 is 0 Å². The Morgan fingerprint density at radius 3 is 2.44 bits per heavy atom. The van der Waals surface area contributed by atoms with Crippen LogP contribution in [0.25, 0.3) is 0 Å². The second kappa shape index (κ2) is 5.62. The molecule has 0 bridgehead atoms. The molecule has 1 aromatic rings. The van der Waals surface area contributed by atoms with Gasteiger partial charge >= 0.3 is 0 Å². The van der Waals surface area contributed by atoms with Gasteiger partial charge in [-0.15, -0.1) is 0 Å². The van der Waals surface area contributed by atoms with E-state index in [0.29, 0.717) is 24.1 Å². The van der Waals surface area contributed by atoms with Crippen LogP contribution < -0.4 is 5.32 Å². The molecule has 0 amide bonds. The first-order valence-corrected chi connectivity index (χ1v) is 5.40. The van der Waals surface area contributed by atoms with Crippen molar-refractivity contribution in [3.8, 4) is 6.07 Å². The Balaban J connectivity index is 2.65. The van der Waals surface area contributed by atoms with Crippen LogP contribution in [0, 0.1) is 31.0 Å². The number of hydrogen-bond acceptors (Lipinski definition) is 2. The fraction of sp³-hybridized carbons (Fsp3) is 0.462. The molecule has 2 nitrogen and oxygen atoms in total. The van der Waals surface area contributed by atoms with E-state index < -0.39 is 0 Å². The summed E-state index contributed by atoms with van der Waals surface area (Å²) in [6.07, 6.45) is 0.485. The minimum absolute atomic E-state index is 0.131. The highest BCUT2D eigenvalue weighted by Gasteiger charge is 2.05. The van der Waals surface area contributed by atoms with Crippen LogP contribution in [0.4, 0.5) is 4.39 Å². The molecule has 0 saturated carbocycles. The van der Waals surface area contributed by atoms with E-state index >= 15 is 0 Å². The zero-order chi connectivity index (χ0) is 12.1. The predicted octanol–water partition coefficient (Wildman–Crippen LogP) is 2.83. The average Bonchev–Trinajstić information content (AvgIpc) is 2.23. The molecular weight excluding hydrogens is 203 g/mol. The van der Waals surface area contributed by atoms with Crippen molar-refractivity contribution in [3.05, 3.63) is 34.6 Å². The van der Waals surface area contributed by atoms with E-state index in [2.05, 4.69) is 11.4 Å². The van der Waals surface area contributed by atoms with Crippen molar-refractivity contribution < 1.29 is 4.39 Å². The molecule has 0 aliphatic rings. The van der Waals surface area contributed by atoms with Crippen molar-refractivity contribution in [3.63, 3.8) is 0 Å². The molecule has 0 radical (unpaired) electrons. The first-order valence-electron chi connectivity index (χ1n) is 5.40. The number of benzene rings is 1. The molecule has 1 rings (SSSR count). The summed E-state index contributed by atoms with van der Waals surface area (Å²) in [5.74, 6) is -0.131. The van der Waals surface area contributed by atoms with Crippen LogP contribution in [0.3, 0.4) is 0 Å². The van der Waals surface area contributed by atoms with Crippen molar-refractivity contribution >= 4 is 0 Å². The highest BCUT2D eigenvalue weighted by Crippen LogP contribution is 2.14. The van der Waals surface area contributed by atoms with Gasteiger partial charge in [-0.3, -0.25) is 0 Å². The second-order valence-electron chi connectivity index (χ2n) is 4.19. The first kappa shape index (κ1) is 12.7. The standard InChI is InChI=1S/C13H17FN2/c1-9-6-12(7-10(2)13(9)14)8-16-11(3)4-5-15/h6-7,11,16H,4,8H2,1-3H3. The van der Waals surface area contributed by atoms with Crippen LogP contribution in [-0.4, -0.2) is 6.04 Å². The maximum atomic E-state index is 13.4. The molecule has 3 heteroatoms. The molecule has 1 unspecified atom stereocenters. The van der Waals surface area contributed by atoms with Gasteiger partial charge in [-0.05, 0) is 37.5 Å². The van der Waals surface area contributed by atoms with Crippen LogP contribution in [0.1, 0.15) is 30.0 Å². The Morgan fingerprint density at radius 2 is 1.94 bits per heavy atom. The summed E-state index contributed by atoms with van der Waals surface area (Å²) >= 11 is 0. The molecular formula is C13H17FN2. The Kier molecular flexibility index (Phi) is 4.45. The molecule has 0 spiro atoms. The van der Waals surface area contributed by atoms with Crippen molar-refractivity contribution in [1.82, 2.24) is 5.32 Å². The van der Waals surface area contributed by atoms with Crippen LogP contribution in [0.15, 0.2) is 12.1 Å². The maximum absolute atomic E-state index is 13.4. The molecule has 1 N–H and O–H groups in total. The summed E-state index contributed by atoms with van der Waals surface area (Å²) in [6, 6.07) is 5.96. The van der Waals surface area contributed by atoms with Gasteiger partial charge in [-0.25, -0.2) is 4.39 Å². The lowest BCUT2D eigenvalue weighted by atomic mass is 10.1. The zero-order valence-corrected chi connectivity index (χ0v) is 9.97. The van der Waals surface area contributed by atoms with Gasteiger partial charge in [-0.2, -0.15) is 5.26 Å². The number of nitrogens with zero attached hydrogens (tertiary/aromatic N) is 1. The molecule has 0 fully saturated rings. The third kappa shape index (κ3) is 3.32. The van der Waals surface area contributed by atoms with Gasteiger partial charge in [-0.1, -0.05) is 12.1 Å². The smallest absolute Gasteiger partial charge is 0.129 e. The van der Waals surface area contributed by atoms with Gasteiger partial charge in [0, 0.05) is 12.6 Å². The molecule has 0 heterocycles. The van der Waals surface area contributed by atoms with E-state index in [1.165, 1.54) is 0 Å². The van der Waals surface area contributed by atoms with Crippen molar-refractivity contribution in [2.24, 2.45) is 0 Å². The highest BCUT2D eigenvalue weighted by atomic mass is 19.1. The van der Waals surface area contributed by atoms with Gasteiger partial charge in [0.1, 0.15) is 5.82 Å². The summed E-state index contributed by atoms with van der Waals surface area (Å²) < 4.78 is 13.4. The third-order valence-electron chi connectivity index (χ3n) is 2.55. The van der Waals surface area contributed by atoms with E-state index in [1.807, 2.05) is 19.1 Å². The monoisotopic (exact) mass is 220 g/mol. The average molecular weight is 220 g/mol. The molecule has 86 valence electrons. The Bertz CT molecular complexity index is 384.